The second-order valence-electron chi connectivity index (χ2n) is 7.86. The first-order valence-corrected chi connectivity index (χ1v) is 13.6. The molecule has 0 radical (unpaired) electrons. The quantitative estimate of drug-likeness (QED) is 0.205. The molecule has 0 atom stereocenters. The molecule has 0 fully saturated rings. The lowest BCUT2D eigenvalue weighted by Gasteiger charge is -2.23. The van der Waals surface area contributed by atoms with Gasteiger partial charge in [0.1, 0.15) is 0 Å². The molecule has 32 heavy (non-hydrogen) atoms. The Bertz CT molecular complexity index is 829. The summed E-state index contributed by atoms with van der Waals surface area (Å²) in [6.45, 7) is 7.18. The molecular weight excluding hydrogens is 421 g/mol. The van der Waals surface area contributed by atoms with Gasteiger partial charge in [-0.3, -0.25) is 9.36 Å². The van der Waals surface area contributed by atoms with Gasteiger partial charge in [-0.25, -0.2) is 0 Å². The second-order valence-corrected chi connectivity index (χ2v) is 9.92. The largest absolute Gasteiger partial charge is 0.335 e. The predicted octanol–water partition coefficient (Wildman–Crippen LogP) is 7.46. The highest BCUT2D eigenvalue weighted by atomic mass is 31.2. The maximum absolute atomic E-state index is 13.3. The number of hydrogen-bond donors (Lipinski definition) is 0. The summed E-state index contributed by atoms with van der Waals surface area (Å²) in [5.74, 6) is -0.0193. The van der Waals surface area contributed by atoms with E-state index in [-0.39, 0.29) is 12.1 Å². The minimum Gasteiger partial charge on any atom is -0.309 e. The molecule has 2 aromatic rings. The molecule has 0 N–H and O–H groups in total. The van der Waals surface area contributed by atoms with Crippen LogP contribution < -0.4 is 4.90 Å². The van der Waals surface area contributed by atoms with E-state index < -0.39 is 7.60 Å². The molecule has 0 heterocycles. The van der Waals surface area contributed by atoms with Gasteiger partial charge >= 0.3 is 7.60 Å². The van der Waals surface area contributed by atoms with E-state index in [4.69, 9.17) is 9.05 Å². The van der Waals surface area contributed by atoms with Gasteiger partial charge in [0.25, 0.3) is 5.91 Å². The van der Waals surface area contributed by atoms with Crippen molar-refractivity contribution in [2.24, 2.45) is 0 Å². The van der Waals surface area contributed by atoms with Crippen LogP contribution in [0.4, 0.5) is 5.69 Å². The normalized spacial score (nSPS) is 11.5. The third-order valence-corrected chi connectivity index (χ3v) is 7.33. The molecule has 0 aromatic heterocycles. The number of hydrogen-bond acceptors (Lipinski definition) is 4. The molecule has 0 saturated carbocycles. The fourth-order valence-electron chi connectivity index (χ4n) is 3.66. The van der Waals surface area contributed by atoms with Crippen LogP contribution in [-0.2, 0) is 19.8 Å². The zero-order chi connectivity index (χ0) is 23.2. The van der Waals surface area contributed by atoms with Crippen molar-refractivity contribution in [3.05, 3.63) is 65.7 Å². The van der Waals surface area contributed by atoms with E-state index in [0.717, 1.165) is 24.1 Å². The number of carbonyl (C=O) groups excluding carboxylic acids is 1. The van der Waals surface area contributed by atoms with Gasteiger partial charge in [-0.2, -0.15) is 0 Å². The molecular formula is C26H38NO4P. The lowest BCUT2D eigenvalue weighted by Crippen LogP contribution is -2.32. The summed E-state index contributed by atoms with van der Waals surface area (Å²) in [7, 11) is -3.17. The molecule has 6 heteroatoms. The highest BCUT2D eigenvalue weighted by Gasteiger charge is 2.24. The Morgan fingerprint density at radius 1 is 0.812 bits per heavy atom. The van der Waals surface area contributed by atoms with Crippen LogP contribution in [0.25, 0.3) is 0 Å². The fraction of sp³-hybridized carbons (Fsp3) is 0.500. The van der Waals surface area contributed by atoms with Crippen LogP contribution in [-0.4, -0.2) is 25.7 Å². The van der Waals surface area contributed by atoms with Crippen molar-refractivity contribution >= 4 is 19.2 Å². The molecule has 2 rings (SSSR count). The zero-order valence-electron chi connectivity index (χ0n) is 19.8. The van der Waals surface area contributed by atoms with Gasteiger partial charge in [0.15, 0.2) is 0 Å². The number of anilines is 1. The van der Waals surface area contributed by atoms with Crippen LogP contribution in [0.3, 0.4) is 0 Å². The SMILES string of the molecule is CCCCCCCCN(C(=O)c1ccc(CP(=O)(OCC)OCC)cc1)c1ccccc1. The summed E-state index contributed by atoms with van der Waals surface area (Å²) in [5.41, 5.74) is 2.35. The molecule has 1 amide bonds. The Balaban J connectivity index is 2.09. The molecule has 5 nitrogen and oxygen atoms in total. The Kier molecular flexibility index (Phi) is 11.7. The van der Waals surface area contributed by atoms with Crippen molar-refractivity contribution in [3.63, 3.8) is 0 Å². The number of benzene rings is 2. The van der Waals surface area contributed by atoms with Gasteiger partial charge in [0.2, 0.25) is 0 Å². The lowest BCUT2D eigenvalue weighted by atomic mass is 10.1. The first-order valence-electron chi connectivity index (χ1n) is 11.9. The highest BCUT2D eigenvalue weighted by Crippen LogP contribution is 2.51. The van der Waals surface area contributed by atoms with Crippen molar-refractivity contribution < 1.29 is 18.4 Å². The van der Waals surface area contributed by atoms with E-state index in [1.165, 1.54) is 25.7 Å². The van der Waals surface area contributed by atoms with Crippen LogP contribution in [0.1, 0.15) is 75.2 Å². The van der Waals surface area contributed by atoms with Crippen LogP contribution in [0.5, 0.6) is 0 Å². The van der Waals surface area contributed by atoms with Crippen molar-refractivity contribution in [3.8, 4) is 0 Å². The van der Waals surface area contributed by atoms with Crippen molar-refractivity contribution in [2.75, 3.05) is 24.7 Å². The molecule has 2 aromatic carbocycles. The first-order chi connectivity index (χ1) is 15.5. The number of carbonyl (C=O) groups is 1. The Hall–Kier alpha value is -1.94. The third kappa shape index (κ3) is 8.54. The Labute approximate surface area is 193 Å². The minimum absolute atomic E-state index is 0.0193. The number of rotatable bonds is 15. The number of unbranched alkanes of at least 4 members (excludes halogenated alkanes) is 5. The predicted molar refractivity (Wildman–Crippen MR) is 132 cm³/mol. The smallest absolute Gasteiger partial charge is 0.309 e. The number of nitrogens with zero attached hydrogens (tertiary/aromatic N) is 1. The average molecular weight is 460 g/mol. The molecule has 0 aliphatic rings. The van der Waals surface area contributed by atoms with E-state index in [9.17, 15) is 9.36 Å². The lowest BCUT2D eigenvalue weighted by molar-refractivity contribution is 0.0986. The molecule has 0 unspecified atom stereocenters. The maximum atomic E-state index is 13.3. The molecule has 0 spiro atoms. The molecule has 0 aliphatic carbocycles. The summed E-state index contributed by atoms with van der Waals surface area (Å²) in [4.78, 5) is 15.2. The van der Waals surface area contributed by atoms with E-state index in [0.29, 0.717) is 25.3 Å². The average Bonchev–Trinajstić information content (AvgIpc) is 2.79. The van der Waals surface area contributed by atoms with Gasteiger partial charge in [0, 0.05) is 17.8 Å². The van der Waals surface area contributed by atoms with Crippen LogP contribution in [0, 0.1) is 0 Å². The maximum Gasteiger partial charge on any atom is 0.335 e. The van der Waals surface area contributed by atoms with E-state index >= 15 is 0 Å². The second kappa shape index (κ2) is 14.3. The third-order valence-electron chi connectivity index (χ3n) is 5.28. The van der Waals surface area contributed by atoms with Gasteiger partial charge in [-0.1, -0.05) is 69.4 Å². The minimum atomic E-state index is -3.17. The van der Waals surface area contributed by atoms with E-state index in [2.05, 4.69) is 6.92 Å². The zero-order valence-corrected chi connectivity index (χ0v) is 20.7. The number of para-hydroxylation sites is 1. The van der Waals surface area contributed by atoms with E-state index in [1.807, 2.05) is 47.4 Å². The summed E-state index contributed by atoms with van der Waals surface area (Å²) < 4.78 is 23.6. The van der Waals surface area contributed by atoms with Crippen molar-refractivity contribution in [1.82, 2.24) is 0 Å². The summed E-state index contributed by atoms with van der Waals surface area (Å²) >= 11 is 0. The monoisotopic (exact) mass is 459 g/mol. The molecule has 0 saturated heterocycles. The highest BCUT2D eigenvalue weighted by molar-refractivity contribution is 7.53. The topological polar surface area (TPSA) is 55.8 Å². The first kappa shape index (κ1) is 26.3. The molecule has 0 aliphatic heterocycles. The van der Waals surface area contributed by atoms with Crippen molar-refractivity contribution in [2.45, 2.75) is 65.5 Å². The molecule has 0 bridgehead atoms. The fourth-order valence-corrected chi connectivity index (χ4v) is 5.36. The standard InChI is InChI=1S/C26H38NO4P/c1-4-7-8-9-10-14-21-27(25-15-12-11-13-16-25)26(28)24-19-17-23(18-20-24)22-32(29,30-5-2)31-6-3/h11-13,15-20H,4-10,14,21-22H2,1-3H3. The van der Waals surface area contributed by atoms with Crippen LogP contribution in [0.2, 0.25) is 0 Å². The van der Waals surface area contributed by atoms with Gasteiger partial charge in [-0.15, -0.1) is 0 Å². The van der Waals surface area contributed by atoms with Crippen LogP contribution >= 0.6 is 7.60 Å². The van der Waals surface area contributed by atoms with E-state index in [1.54, 1.807) is 26.0 Å². The van der Waals surface area contributed by atoms with Gasteiger partial charge in [0.05, 0.1) is 19.4 Å². The summed E-state index contributed by atoms with van der Waals surface area (Å²) in [6.07, 6.45) is 7.27. The number of amides is 1. The van der Waals surface area contributed by atoms with Crippen molar-refractivity contribution in [1.29, 1.82) is 0 Å². The summed E-state index contributed by atoms with van der Waals surface area (Å²) in [6, 6.07) is 17.1. The Morgan fingerprint density at radius 3 is 2.00 bits per heavy atom. The van der Waals surface area contributed by atoms with Gasteiger partial charge < -0.3 is 13.9 Å². The van der Waals surface area contributed by atoms with Crippen LogP contribution in [0.15, 0.2) is 54.6 Å². The summed E-state index contributed by atoms with van der Waals surface area (Å²) in [5, 5.41) is 0. The Morgan fingerprint density at radius 2 is 1.41 bits per heavy atom. The van der Waals surface area contributed by atoms with Gasteiger partial charge in [-0.05, 0) is 50.1 Å². The molecule has 176 valence electrons.